The summed E-state index contributed by atoms with van der Waals surface area (Å²) in [4.78, 5) is 26.6. The molecule has 0 aliphatic heterocycles. The minimum Gasteiger partial charge on any atom is -0.361 e. The first-order chi connectivity index (χ1) is 15.9. The third kappa shape index (κ3) is 2.69. The Bertz CT molecular complexity index is 1090. The van der Waals surface area contributed by atoms with Crippen molar-refractivity contribution >= 4 is 12.1 Å². The van der Waals surface area contributed by atoms with Crippen LogP contribution in [0.15, 0.2) is 22.4 Å². The zero-order valence-electron chi connectivity index (χ0n) is 21.9. The number of fused-ring (bicyclic) bond motifs is 8. The maximum absolute atomic E-state index is 14.1. The second-order valence-corrected chi connectivity index (χ2v) is 14.5. The lowest BCUT2D eigenvalue weighted by molar-refractivity contribution is -0.152. The molecule has 0 N–H and O–H groups in total. The van der Waals surface area contributed by atoms with E-state index in [9.17, 15) is 9.59 Å². The summed E-state index contributed by atoms with van der Waals surface area (Å²) in [7, 11) is 0. The van der Waals surface area contributed by atoms with E-state index in [1.807, 2.05) is 6.20 Å². The predicted octanol–water partition coefficient (Wildman–Crippen LogP) is 6.48. The van der Waals surface area contributed by atoms with Crippen molar-refractivity contribution in [3.8, 4) is 0 Å². The number of carbonyl (C=O) groups is 2. The van der Waals surface area contributed by atoms with Crippen LogP contribution in [0.5, 0.6) is 0 Å². The van der Waals surface area contributed by atoms with E-state index in [0.29, 0.717) is 17.6 Å². The zero-order chi connectivity index (χ0) is 24.3. The first kappa shape index (κ1) is 22.7. The fraction of sp³-hybridized carbons (Fsp3) is 0.767. The number of hydrogen-bond acceptors (Lipinski definition) is 4. The average Bonchev–Trinajstić information content (AvgIpc) is 3.23. The number of allylic oxidation sites excluding steroid dienone is 2. The summed E-state index contributed by atoms with van der Waals surface area (Å²) in [5.74, 6) is 2.30. The maximum Gasteiger partial charge on any atom is 0.159 e. The highest BCUT2D eigenvalue weighted by atomic mass is 16.5. The molecule has 7 unspecified atom stereocenters. The second-order valence-electron chi connectivity index (χ2n) is 14.5. The molecule has 0 bridgehead atoms. The van der Waals surface area contributed by atoms with Crippen LogP contribution in [0.3, 0.4) is 0 Å². The van der Waals surface area contributed by atoms with E-state index in [-0.39, 0.29) is 38.9 Å². The van der Waals surface area contributed by atoms with E-state index in [1.165, 1.54) is 17.4 Å². The number of carbonyl (C=O) groups excluding carboxylic acids is 2. The minimum absolute atomic E-state index is 0.00446. The Morgan fingerprint density at radius 3 is 2.47 bits per heavy atom. The lowest BCUT2D eigenvalue weighted by Crippen LogP contribution is -2.61. The fourth-order valence-electron chi connectivity index (χ4n) is 10.2. The van der Waals surface area contributed by atoms with Gasteiger partial charge in [0.1, 0.15) is 12.0 Å². The van der Waals surface area contributed by atoms with Crippen molar-refractivity contribution < 1.29 is 14.1 Å². The van der Waals surface area contributed by atoms with Gasteiger partial charge in [-0.25, -0.2) is 0 Å². The van der Waals surface area contributed by atoms with E-state index in [2.05, 4.69) is 52.8 Å². The molecule has 4 heteroatoms. The highest BCUT2D eigenvalue weighted by Crippen LogP contribution is 2.70. The molecule has 0 spiro atoms. The molecular weight excluding hydrogens is 422 g/mol. The molecule has 0 saturated heterocycles. The van der Waals surface area contributed by atoms with Crippen LogP contribution in [-0.2, 0) is 21.4 Å². The lowest BCUT2D eigenvalue weighted by atomic mass is 9.38. The predicted molar refractivity (Wildman–Crippen MR) is 131 cm³/mol. The first-order valence-electron chi connectivity index (χ1n) is 13.5. The van der Waals surface area contributed by atoms with Crippen molar-refractivity contribution in [3.05, 3.63) is 29.2 Å². The van der Waals surface area contributed by atoms with E-state index in [0.717, 1.165) is 57.1 Å². The van der Waals surface area contributed by atoms with Gasteiger partial charge >= 0.3 is 0 Å². The van der Waals surface area contributed by atoms with E-state index < -0.39 is 0 Å². The second kappa shape index (κ2) is 6.73. The maximum atomic E-state index is 14.1. The van der Waals surface area contributed by atoms with Crippen molar-refractivity contribution in [1.82, 2.24) is 5.16 Å². The number of rotatable bonds is 1. The van der Waals surface area contributed by atoms with Gasteiger partial charge in [0.05, 0.1) is 6.20 Å². The highest BCUT2D eigenvalue weighted by molar-refractivity contribution is 5.95. The molecule has 5 aliphatic carbocycles. The van der Waals surface area contributed by atoms with Gasteiger partial charge in [-0.15, -0.1) is 0 Å². The number of nitrogens with zero attached hydrogens (tertiary/aromatic N) is 1. The summed E-state index contributed by atoms with van der Waals surface area (Å²) in [5.41, 5.74) is 2.35. The Morgan fingerprint density at radius 2 is 1.74 bits per heavy atom. The van der Waals surface area contributed by atoms with Gasteiger partial charge in [-0.05, 0) is 91.4 Å². The molecule has 3 saturated carbocycles. The topological polar surface area (TPSA) is 60.2 Å². The molecule has 1 aromatic heterocycles. The SMILES string of the molecule is CC1(C)CCC2(C=O)CCC3C(C(=O)C=C4C3(C)CCC3C4(C)Cc4cnoc4C3(C)C)C2C1. The van der Waals surface area contributed by atoms with E-state index >= 15 is 0 Å². The molecule has 4 nitrogen and oxygen atoms in total. The summed E-state index contributed by atoms with van der Waals surface area (Å²) in [5, 5.41) is 4.17. The monoisotopic (exact) mass is 463 g/mol. The van der Waals surface area contributed by atoms with Crippen LogP contribution in [0.2, 0.25) is 0 Å². The van der Waals surface area contributed by atoms with Gasteiger partial charge < -0.3 is 9.32 Å². The van der Waals surface area contributed by atoms with Gasteiger partial charge in [-0.2, -0.15) is 0 Å². The molecule has 5 aliphatic rings. The molecular formula is C30H41NO3. The van der Waals surface area contributed by atoms with Crippen LogP contribution >= 0.6 is 0 Å². The van der Waals surface area contributed by atoms with Crippen LogP contribution in [-0.4, -0.2) is 17.2 Å². The Balaban J connectivity index is 1.47. The van der Waals surface area contributed by atoms with Crippen LogP contribution in [0, 0.1) is 45.3 Å². The van der Waals surface area contributed by atoms with Crippen molar-refractivity contribution in [2.45, 2.75) is 98.3 Å². The molecule has 0 amide bonds. The molecule has 0 radical (unpaired) electrons. The van der Waals surface area contributed by atoms with Crippen LogP contribution in [0.1, 0.15) is 97.8 Å². The van der Waals surface area contributed by atoms with Crippen molar-refractivity contribution in [1.29, 1.82) is 0 Å². The summed E-state index contributed by atoms with van der Waals surface area (Å²) in [6.07, 6.45) is 13.4. The molecule has 184 valence electrons. The van der Waals surface area contributed by atoms with Gasteiger partial charge in [0.15, 0.2) is 5.78 Å². The van der Waals surface area contributed by atoms with Crippen molar-refractivity contribution in [3.63, 3.8) is 0 Å². The van der Waals surface area contributed by atoms with Gasteiger partial charge in [-0.1, -0.05) is 52.3 Å². The molecule has 3 fully saturated rings. The Kier molecular flexibility index (Phi) is 4.50. The minimum atomic E-state index is -0.292. The van der Waals surface area contributed by atoms with Crippen molar-refractivity contribution in [2.24, 2.45) is 45.3 Å². The number of hydrogen-bond donors (Lipinski definition) is 0. The standard InChI is InChI=1S/C30H41NO3/c1-26(2)11-12-30(17-32)10-7-19-24(20(30)15-26)21(33)13-23-28(19,5)9-8-22-27(3,4)25-18(16-31-34-25)14-29(22,23)6/h13,16-17,19-20,22,24H,7-12,14-15H2,1-6H3. The molecule has 0 aromatic carbocycles. The third-order valence-corrected chi connectivity index (χ3v) is 11.8. The summed E-state index contributed by atoms with van der Waals surface area (Å²) in [6, 6.07) is 0. The molecule has 34 heavy (non-hydrogen) atoms. The molecule has 1 aromatic rings. The fourth-order valence-corrected chi connectivity index (χ4v) is 10.2. The Hall–Kier alpha value is -1.71. The molecule has 6 rings (SSSR count). The Morgan fingerprint density at radius 1 is 0.971 bits per heavy atom. The highest BCUT2D eigenvalue weighted by Gasteiger charge is 2.66. The summed E-state index contributed by atoms with van der Waals surface area (Å²) >= 11 is 0. The number of ketones is 1. The van der Waals surface area contributed by atoms with Gasteiger partial charge in [0.25, 0.3) is 0 Å². The summed E-state index contributed by atoms with van der Waals surface area (Å²) < 4.78 is 5.77. The largest absolute Gasteiger partial charge is 0.361 e. The van der Waals surface area contributed by atoms with Gasteiger partial charge in [-0.3, -0.25) is 4.79 Å². The van der Waals surface area contributed by atoms with Crippen molar-refractivity contribution in [2.75, 3.05) is 0 Å². The zero-order valence-corrected chi connectivity index (χ0v) is 21.9. The average molecular weight is 464 g/mol. The number of aldehydes is 1. The van der Waals surface area contributed by atoms with E-state index in [4.69, 9.17) is 4.52 Å². The smallest absolute Gasteiger partial charge is 0.159 e. The first-order valence-corrected chi connectivity index (χ1v) is 13.5. The van der Waals surface area contributed by atoms with Gasteiger partial charge in [0.2, 0.25) is 0 Å². The molecule has 1 heterocycles. The Labute approximate surface area is 204 Å². The third-order valence-electron chi connectivity index (χ3n) is 11.8. The van der Waals surface area contributed by atoms with Gasteiger partial charge in [0, 0.05) is 22.3 Å². The van der Waals surface area contributed by atoms with Crippen LogP contribution in [0.4, 0.5) is 0 Å². The van der Waals surface area contributed by atoms with E-state index in [1.54, 1.807) is 0 Å². The molecule has 7 atom stereocenters. The number of aromatic nitrogens is 1. The van der Waals surface area contributed by atoms with Crippen LogP contribution < -0.4 is 0 Å². The van der Waals surface area contributed by atoms with Crippen LogP contribution in [0.25, 0.3) is 0 Å². The lowest BCUT2D eigenvalue weighted by Gasteiger charge is -2.65. The quantitative estimate of drug-likeness (QED) is 0.447. The normalized spacial score (nSPS) is 46.2. The summed E-state index contributed by atoms with van der Waals surface area (Å²) in [6.45, 7) is 14.1.